The van der Waals surface area contributed by atoms with Gasteiger partial charge in [-0.25, -0.2) is 9.78 Å². The number of hydrogen-bond donors (Lipinski definition) is 0. The van der Waals surface area contributed by atoms with Crippen molar-refractivity contribution in [2.45, 2.75) is 12.6 Å². The van der Waals surface area contributed by atoms with Crippen molar-refractivity contribution in [1.82, 2.24) is 14.3 Å². The summed E-state index contributed by atoms with van der Waals surface area (Å²) in [5.74, 6) is -0.426. The first-order valence-electron chi connectivity index (χ1n) is 9.03. The fourth-order valence-corrected chi connectivity index (χ4v) is 4.17. The molecule has 1 fully saturated rings. The zero-order valence-corrected chi connectivity index (χ0v) is 16.7. The Kier molecular flexibility index (Phi) is 6.07. The van der Waals surface area contributed by atoms with Crippen LogP contribution in [0.25, 0.3) is 11.0 Å². The lowest BCUT2D eigenvalue weighted by Crippen LogP contribution is -2.44. The van der Waals surface area contributed by atoms with Crippen molar-refractivity contribution >= 4 is 39.9 Å². The Bertz CT molecular complexity index is 970. The topological polar surface area (TPSA) is 56.1 Å². The molecule has 3 heterocycles. The summed E-state index contributed by atoms with van der Waals surface area (Å²) in [5, 5.41) is 2.28. The van der Waals surface area contributed by atoms with Gasteiger partial charge in [0, 0.05) is 37.3 Å². The van der Waals surface area contributed by atoms with Crippen LogP contribution in [0.4, 0.5) is 0 Å². The van der Waals surface area contributed by atoms with Crippen molar-refractivity contribution in [3.8, 4) is 0 Å². The van der Waals surface area contributed by atoms with Crippen LogP contribution < -0.4 is 0 Å². The highest BCUT2D eigenvalue weighted by atomic mass is 35.5. The van der Waals surface area contributed by atoms with Crippen molar-refractivity contribution in [3.63, 3.8) is 0 Å². The highest BCUT2D eigenvalue weighted by molar-refractivity contribution is 7.15. The molecule has 4 rings (SSSR count). The quantitative estimate of drug-likeness (QED) is 0.454. The zero-order chi connectivity index (χ0) is 19.3. The average Bonchev–Trinajstić information content (AvgIpc) is 3.26. The van der Waals surface area contributed by atoms with E-state index in [-0.39, 0.29) is 12.7 Å². The molecule has 0 N–H and O–H groups in total. The van der Waals surface area contributed by atoms with Gasteiger partial charge in [0.25, 0.3) is 0 Å². The van der Waals surface area contributed by atoms with E-state index in [1.165, 1.54) is 23.0 Å². The van der Waals surface area contributed by atoms with E-state index in [9.17, 15) is 4.79 Å². The van der Waals surface area contributed by atoms with Gasteiger partial charge < -0.3 is 9.47 Å². The van der Waals surface area contributed by atoms with Crippen molar-refractivity contribution in [2.75, 3.05) is 26.3 Å². The van der Waals surface area contributed by atoms with Gasteiger partial charge in [-0.2, -0.15) is 0 Å². The standard InChI is InChI=1S/C20H20ClN3O3S/c21-19-17(24-9-11-28-20(24)22-19)6-7-18(25)27-14-16-13-23(8-10-26-16)12-15-4-2-1-3-5-15/h1-7,9,11,16H,8,10,12-14H2/b7-6+. The molecule has 1 saturated heterocycles. The minimum absolute atomic E-state index is 0.128. The molecule has 0 radical (unpaired) electrons. The molecule has 0 amide bonds. The maximum Gasteiger partial charge on any atom is 0.330 e. The number of ether oxygens (including phenoxy) is 2. The fraction of sp³-hybridized carbons (Fsp3) is 0.300. The van der Waals surface area contributed by atoms with Gasteiger partial charge in [0.1, 0.15) is 12.7 Å². The summed E-state index contributed by atoms with van der Waals surface area (Å²) in [4.78, 5) is 19.4. The van der Waals surface area contributed by atoms with Crippen LogP contribution in [0.15, 0.2) is 48.0 Å². The molecule has 0 aliphatic carbocycles. The van der Waals surface area contributed by atoms with Crippen LogP contribution in [0.2, 0.25) is 5.15 Å². The van der Waals surface area contributed by atoms with Gasteiger partial charge in [0.2, 0.25) is 0 Å². The number of rotatable bonds is 6. The van der Waals surface area contributed by atoms with Crippen LogP contribution in [-0.2, 0) is 20.8 Å². The molecule has 0 spiro atoms. The van der Waals surface area contributed by atoms with Crippen molar-refractivity contribution in [1.29, 1.82) is 0 Å². The van der Waals surface area contributed by atoms with Crippen LogP contribution in [0.1, 0.15) is 11.3 Å². The number of hydrogen-bond acceptors (Lipinski definition) is 6. The normalized spacial score (nSPS) is 18.1. The smallest absolute Gasteiger partial charge is 0.330 e. The number of imidazole rings is 1. The molecule has 0 saturated carbocycles. The maximum atomic E-state index is 12.1. The van der Waals surface area contributed by atoms with Crippen LogP contribution in [-0.4, -0.2) is 52.7 Å². The van der Waals surface area contributed by atoms with Gasteiger partial charge in [-0.05, 0) is 11.6 Å². The van der Waals surface area contributed by atoms with E-state index in [1.807, 2.05) is 34.2 Å². The summed E-state index contributed by atoms with van der Waals surface area (Å²) in [7, 11) is 0. The highest BCUT2D eigenvalue weighted by Crippen LogP contribution is 2.22. The van der Waals surface area contributed by atoms with E-state index >= 15 is 0 Å². The molecular formula is C20H20ClN3O3S. The van der Waals surface area contributed by atoms with Gasteiger partial charge in [-0.3, -0.25) is 9.30 Å². The van der Waals surface area contributed by atoms with E-state index in [4.69, 9.17) is 21.1 Å². The molecule has 1 atom stereocenters. The summed E-state index contributed by atoms with van der Waals surface area (Å²) < 4.78 is 12.9. The van der Waals surface area contributed by atoms with Crippen LogP contribution in [0, 0.1) is 0 Å². The lowest BCUT2D eigenvalue weighted by molar-refractivity contribution is -0.144. The fourth-order valence-electron chi connectivity index (χ4n) is 3.16. The largest absolute Gasteiger partial charge is 0.460 e. The Balaban J connectivity index is 1.28. The third-order valence-electron chi connectivity index (χ3n) is 4.51. The molecule has 2 aromatic heterocycles. The van der Waals surface area contributed by atoms with Crippen molar-refractivity contribution < 1.29 is 14.3 Å². The van der Waals surface area contributed by atoms with E-state index < -0.39 is 5.97 Å². The van der Waals surface area contributed by atoms with Crippen molar-refractivity contribution in [3.05, 3.63) is 64.4 Å². The van der Waals surface area contributed by atoms with E-state index in [0.717, 1.165) is 24.6 Å². The van der Waals surface area contributed by atoms with Gasteiger partial charge in [0.05, 0.1) is 12.3 Å². The van der Waals surface area contributed by atoms with E-state index in [2.05, 4.69) is 22.0 Å². The Hall–Kier alpha value is -2.19. The first-order valence-corrected chi connectivity index (χ1v) is 10.3. The Labute approximate surface area is 172 Å². The molecule has 6 nitrogen and oxygen atoms in total. The number of nitrogens with zero attached hydrogens (tertiary/aromatic N) is 3. The molecule has 8 heteroatoms. The van der Waals surface area contributed by atoms with Crippen LogP contribution in [0.5, 0.6) is 0 Å². The number of thiazole rings is 1. The Morgan fingerprint density at radius 3 is 3.11 bits per heavy atom. The summed E-state index contributed by atoms with van der Waals surface area (Å²) in [6.07, 6.45) is 4.73. The lowest BCUT2D eigenvalue weighted by atomic mass is 10.2. The predicted molar refractivity (Wildman–Crippen MR) is 110 cm³/mol. The number of carbonyl (C=O) groups is 1. The number of esters is 1. The van der Waals surface area contributed by atoms with Crippen molar-refractivity contribution in [2.24, 2.45) is 0 Å². The monoisotopic (exact) mass is 417 g/mol. The number of fused-ring (bicyclic) bond motifs is 1. The zero-order valence-electron chi connectivity index (χ0n) is 15.2. The molecule has 28 heavy (non-hydrogen) atoms. The summed E-state index contributed by atoms with van der Waals surface area (Å²) in [6.45, 7) is 3.32. The summed E-state index contributed by atoms with van der Waals surface area (Å²) in [5.41, 5.74) is 1.93. The number of benzene rings is 1. The second-order valence-electron chi connectivity index (χ2n) is 6.52. The molecule has 1 aliphatic rings. The molecular weight excluding hydrogens is 398 g/mol. The molecule has 146 valence electrons. The number of morpholine rings is 1. The minimum Gasteiger partial charge on any atom is -0.460 e. The second kappa shape index (κ2) is 8.87. The third kappa shape index (κ3) is 4.62. The van der Waals surface area contributed by atoms with Gasteiger partial charge in [-0.15, -0.1) is 11.3 Å². The lowest BCUT2D eigenvalue weighted by Gasteiger charge is -2.32. The van der Waals surface area contributed by atoms with Crippen LogP contribution in [0.3, 0.4) is 0 Å². The molecule has 1 aliphatic heterocycles. The number of halogens is 1. The number of aromatic nitrogens is 2. The molecule has 3 aromatic rings. The Morgan fingerprint density at radius 1 is 1.39 bits per heavy atom. The van der Waals surface area contributed by atoms with Gasteiger partial charge in [-0.1, -0.05) is 41.9 Å². The number of carbonyl (C=O) groups excluding carboxylic acids is 1. The van der Waals surface area contributed by atoms with E-state index in [1.54, 1.807) is 6.08 Å². The predicted octanol–water partition coefficient (Wildman–Crippen LogP) is 3.51. The molecule has 1 unspecified atom stereocenters. The molecule has 1 aromatic carbocycles. The second-order valence-corrected chi connectivity index (χ2v) is 7.75. The van der Waals surface area contributed by atoms with Gasteiger partial charge in [0.15, 0.2) is 10.1 Å². The highest BCUT2D eigenvalue weighted by Gasteiger charge is 2.21. The maximum absolute atomic E-state index is 12.1. The Morgan fingerprint density at radius 2 is 2.25 bits per heavy atom. The van der Waals surface area contributed by atoms with Gasteiger partial charge >= 0.3 is 5.97 Å². The average molecular weight is 418 g/mol. The van der Waals surface area contributed by atoms with E-state index in [0.29, 0.717) is 17.5 Å². The minimum atomic E-state index is -0.426. The first-order chi connectivity index (χ1) is 13.7. The third-order valence-corrected chi connectivity index (χ3v) is 5.55. The summed E-state index contributed by atoms with van der Waals surface area (Å²) >= 11 is 7.60. The first kappa shape index (κ1) is 19.1. The molecule has 0 bridgehead atoms. The van der Waals surface area contributed by atoms with Crippen LogP contribution >= 0.6 is 22.9 Å². The summed E-state index contributed by atoms with van der Waals surface area (Å²) in [6, 6.07) is 10.3. The SMILES string of the molecule is O=C(/C=C/c1c(Cl)nc2sccn12)OCC1CN(Cc2ccccc2)CCO1.